The van der Waals surface area contributed by atoms with Gasteiger partial charge in [-0.3, -0.25) is 10.1 Å². The average molecular weight is 393 g/mol. The molecule has 1 saturated heterocycles. The van der Waals surface area contributed by atoms with Crippen LogP contribution >= 0.6 is 11.8 Å². The number of hydrogen-bond donors (Lipinski definition) is 0. The molecule has 0 bridgehead atoms. The van der Waals surface area contributed by atoms with Crippen molar-refractivity contribution >= 4 is 27.5 Å². The smallest absolute Gasteiger partial charge is 0.258 e. The second-order valence-electron chi connectivity index (χ2n) is 6.27. The van der Waals surface area contributed by atoms with E-state index in [1.165, 1.54) is 28.2 Å². The maximum absolute atomic E-state index is 12.6. The molecule has 0 unspecified atom stereocenters. The van der Waals surface area contributed by atoms with E-state index < -0.39 is 14.9 Å². The molecular formula is C18H20N2O4S2. The lowest BCUT2D eigenvalue weighted by Crippen LogP contribution is -2.27. The maximum Gasteiger partial charge on any atom is 0.284 e. The van der Waals surface area contributed by atoms with Crippen LogP contribution in [0, 0.1) is 17.0 Å². The van der Waals surface area contributed by atoms with Crippen LogP contribution in [0.5, 0.6) is 0 Å². The molecule has 3 rings (SSSR count). The zero-order valence-corrected chi connectivity index (χ0v) is 16.1. The molecule has 2 aromatic rings. The molecule has 138 valence electrons. The summed E-state index contributed by atoms with van der Waals surface area (Å²) in [5.41, 5.74) is 2.05. The van der Waals surface area contributed by atoms with Crippen LogP contribution in [0.4, 0.5) is 5.69 Å². The molecule has 1 aliphatic heterocycles. The first-order valence-electron chi connectivity index (χ1n) is 8.35. The molecule has 6 nitrogen and oxygen atoms in total. The summed E-state index contributed by atoms with van der Waals surface area (Å²) in [5, 5.41) is 11.5. The first kappa shape index (κ1) is 18.9. The van der Waals surface area contributed by atoms with Gasteiger partial charge in [0.05, 0.1) is 14.7 Å². The minimum Gasteiger partial charge on any atom is -0.258 e. The van der Waals surface area contributed by atoms with Gasteiger partial charge in [0.1, 0.15) is 0 Å². The number of nitro groups is 1. The van der Waals surface area contributed by atoms with E-state index in [-0.39, 0.29) is 10.6 Å². The van der Waals surface area contributed by atoms with E-state index in [4.69, 9.17) is 0 Å². The van der Waals surface area contributed by atoms with Gasteiger partial charge in [0.15, 0.2) is 0 Å². The maximum atomic E-state index is 12.6. The predicted molar refractivity (Wildman–Crippen MR) is 102 cm³/mol. The van der Waals surface area contributed by atoms with Gasteiger partial charge in [-0.15, -0.1) is 11.8 Å². The van der Waals surface area contributed by atoms with Gasteiger partial charge in [0.2, 0.25) is 10.0 Å². The fraction of sp³-hybridized carbons (Fsp3) is 0.333. The lowest BCUT2D eigenvalue weighted by molar-refractivity contribution is -0.388. The number of hydrogen-bond acceptors (Lipinski definition) is 5. The zero-order chi connectivity index (χ0) is 18.7. The first-order chi connectivity index (χ1) is 12.4. The summed E-state index contributed by atoms with van der Waals surface area (Å²) >= 11 is 1.34. The van der Waals surface area contributed by atoms with Gasteiger partial charge in [0, 0.05) is 24.9 Å². The number of thioether (sulfide) groups is 1. The highest BCUT2D eigenvalue weighted by atomic mass is 32.2. The Morgan fingerprint density at radius 3 is 2.38 bits per heavy atom. The number of sulfonamides is 1. The van der Waals surface area contributed by atoms with Crippen LogP contribution in [0.3, 0.4) is 0 Å². The Morgan fingerprint density at radius 2 is 1.77 bits per heavy atom. The van der Waals surface area contributed by atoms with Crippen LogP contribution in [-0.2, 0) is 15.8 Å². The van der Waals surface area contributed by atoms with Gasteiger partial charge in [-0.2, -0.15) is 4.31 Å². The largest absolute Gasteiger partial charge is 0.284 e. The van der Waals surface area contributed by atoms with E-state index >= 15 is 0 Å². The standard InChI is InChI=1S/C18H20N2O4S2/c1-14-4-6-15(7-5-14)13-25-18-9-8-16(12-17(18)20(21)22)26(23,24)19-10-2-3-11-19/h4-9,12H,2-3,10-11,13H2,1H3. The van der Waals surface area contributed by atoms with Crippen molar-refractivity contribution in [3.05, 3.63) is 63.7 Å². The Hall–Kier alpha value is -1.90. The van der Waals surface area contributed by atoms with E-state index in [1.54, 1.807) is 6.07 Å². The molecule has 0 spiro atoms. The quantitative estimate of drug-likeness (QED) is 0.422. The molecule has 0 amide bonds. The summed E-state index contributed by atoms with van der Waals surface area (Å²) in [4.78, 5) is 11.4. The molecule has 26 heavy (non-hydrogen) atoms. The van der Waals surface area contributed by atoms with E-state index in [1.807, 2.05) is 31.2 Å². The highest BCUT2D eigenvalue weighted by molar-refractivity contribution is 7.98. The minimum atomic E-state index is -3.66. The van der Waals surface area contributed by atoms with E-state index in [0.29, 0.717) is 23.7 Å². The van der Waals surface area contributed by atoms with Crippen molar-refractivity contribution < 1.29 is 13.3 Å². The summed E-state index contributed by atoms with van der Waals surface area (Å²) in [6, 6.07) is 12.2. The predicted octanol–water partition coefficient (Wildman–Crippen LogP) is 3.98. The molecule has 8 heteroatoms. The molecule has 1 fully saturated rings. The lowest BCUT2D eigenvalue weighted by Gasteiger charge is -2.15. The topological polar surface area (TPSA) is 80.5 Å². The van der Waals surface area contributed by atoms with Crippen molar-refractivity contribution in [1.82, 2.24) is 4.31 Å². The van der Waals surface area contributed by atoms with E-state index in [2.05, 4.69) is 0 Å². The SMILES string of the molecule is Cc1ccc(CSc2ccc(S(=O)(=O)N3CCCC3)cc2[N+](=O)[O-])cc1. The average Bonchev–Trinajstić information content (AvgIpc) is 3.16. The summed E-state index contributed by atoms with van der Waals surface area (Å²) in [6.07, 6.45) is 1.65. The monoisotopic (exact) mass is 392 g/mol. The third-order valence-electron chi connectivity index (χ3n) is 4.34. The van der Waals surface area contributed by atoms with Crippen LogP contribution < -0.4 is 0 Å². The summed E-state index contributed by atoms with van der Waals surface area (Å²) in [6.45, 7) is 2.95. The molecule has 1 heterocycles. The Morgan fingerprint density at radius 1 is 1.12 bits per heavy atom. The van der Waals surface area contributed by atoms with Crippen molar-refractivity contribution in [2.24, 2.45) is 0 Å². The highest BCUT2D eigenvalue weighted by Gasteiger charge is 2.29. The molecule has 0 atom stereocenters. The number of nitro benzene ring substituents is 1. The second-order valence-corrected chi connectivity index (χ2v) is 9.23. The van der Waals surface area contributed by atoms with Gasteiger partial charge < -0.3 is 0 Å². The van der Waals surface area contributed by atoms with Crippen LogP contribution in [-0.4, -0.2) is 30.7 Å². The lowest BCUT2D eigenvalue weighted by atomic mass is 10.2. The fourth-order valence-electron chi connectivity index (χ4n) is 2.85. The molecule has 0 aromatic heterocycles. The number of aryl methyl sites for hydroxylation is 1. The second kappa shape index (κ2) is 7.77. The normalized spacial score (nSPS) is 15.3. The van der Waals surface area contributed by atoms with Gasteiger partial charge >= 0.3 is 0 Å². The Kier molecular flexibility index (Phi) is 5.64. The van der Waals surface area contributed by atoms with Crippen molar-refractivity contribution in [2.75, 3.05) is 13.1 Å². The van der Waals surface area contributed by atoms with Crippen molar-refractivity contribution in [3.8, 4) is 0 Å². The molecule has 0 radical (unpaired) electrons. The number of nitrogens with zero attached hydrogens (tertiary/aromatic N) is 2. The van der Waals surface area contributed by atoms with E-state index in [9.17, 15) is 18.5 Å². The van der Waals surface area contributed by atoms with Crippen LogP contribution in [0.25, 0.3) is 0 Å². The van der Waals surface area contributed by atoms with E-state index in [0.717, 1.165) is 24.0 Å². The minimum absolute atomic E-state index is 0.00853. The number of rotatable bonds is 6. The Labute approximate surface area is 157 Å². The molecule has 0 aliphatic carbocycles. The number of benzene rings is 2. The molecular weight excluding hydrogens is 372 g/mol. The van der Waals surface area contributed by atoms with Crippen molar-refractivity contribution in [1.29, 1.82) is 0 Å². The third kappa shape index (κ3) is 4.08. The summed E-state index contributed by atoms with van der Waals surface area (Å²) < 4.78 is 26.7. The molecule has 0 saturated carbocycles. The zero-order valence-electron chi connectivity index (χ0n) is 14.4. The third-order valence-corrected chi connectivity index (χ3v) is 7.37. The van der Waals surface area contributed by atoms with Gasteiger partial charge in [0.25, 0.3) is 5.69 Å². The van der Waals surface area contributed by atoms with Gasteiger partial charge in [-0.1, -0.05) is 29.8 Å². The van der Waals surface area contributed by atoms with Crippen LogP contribution in [0.1, 0.15) is 24.0 Å². The van der Waals surface area contributed by atoms with Crippen LogP contribution in [0.2, 0.25) is 0 Å². The van der Waals surface area contributed by atoms with Gasteiger partial charge in [-0.05, 0) is 37.5 Å². The van der Waals surface area contributed by atoms with Gasteiger partial charge in [-0.25, -0.2) is 8.42 Å². The van der Waals surface area contributed by atoms with Crippen molar-refractivity contribution in [2.45, 2.75) is 35.3 Å². The fourth-order valence-corrected chi connectivity index (χ4v) is 5.34. The summed E-state index contributed by atoms with van der Waals surface area (Å²) in [7, 11) is -3.66. The molecule has 0 N–H and O–H groups in total. The molecule has 1 aliphatic rings. The Balaban J connectivity index is 1.85. The highest BCUT2D eigenvalue weighted by Crippen LogP contribution is 2.34. The van der Waals surface area contributed by atoms with Crippen LogP contribution in [0.15, 0.2) is 52.3 Å². The Bertz CT molecular complexity index is 905. The first-order valence-corrected chi connectivity index (χ1v) is 10.8. The van der Waals surface area contributed by atoms with Crippen molar-refractivity contribution in [3.63, 3.8) is 0 Å². The summed E-state index contributed by atoms with van der Waals surface area (Å²) in [5.74, 6) is 0.583. The molecule has 2 aromatic carbocycles.